The summed E-state index contributed by atoms with van der Waals surface area (Å²) in [6, 6.07) is 4.32. The molecule has 3 rings (SSSR count). The molecule has 0 amide bonds. The van der Waals surface area contributed by atoms with Gasteiger partial charge in [0, 0.05) is 5.69 Å². The van der Waals surface area contributed by atoms with Crippen LogP contribution in [-0.4, -0.2) is 11.6 Å². The maximum Gasteiger partial charge on any atom is 0.137 e. The van der Waals surface area contributed by atoms with Gasteiger partial charge in [-0.1, -0.05) is 129 Å². The molecule has 2 aliphatic carbocycles. The first kappa shape index (κ1) is 28.5. The zero-order valence-electron chi connectivity index (χ0n) is 23.5. The van der Waals surface area contributed by atoms with E-state index in [9.17, 15) is 0 Å². The maximum atomic E-state index is 5.88. The van der Waals surface area contributed by atoms with Crippen LogP contribution in [0.5, 0.6) is 5.75 Å². The fraction of sp³-hybridized carbons (Fsp3) is 0.848. The molecule has 35 heavy (non-hydrogen) atoms. The molecule has 2 heteroatoms. The second-order valence-electron chi connectivity index (χ2n) is 12.1. The Morgan fingerprint density at radius 3 is 1.74 bits per heavy atom. The molecule has 1 aromatic heterocycles. The van der Waals surface area contributed by atoms with E-state index in [1.54, 1.807) is 0 Å². The summed E-state index contributed by atoms with van der Waals surface area (Å²) >= 11 is 0. The van der Waals surface area contributed by atoms with Crippen LogP contribution in [0, 0.1) is 23.7 Å². The number of aryl methyl sites for hydroxylation is 1. The molecule has 2 fully saturated rings. The van der Waals surface area contributed by atoms with Crippen molar-refractivity contribution in [3.05, 3.63) is 24.0 Å². The lowest BCUT2D eigenvalue weighted by Crippen LogP contribution is -2.18. The number of pyridine rings is 1. The van der Waals surface area contributed by atoms with E-state index in [0.29, 0.717) is 0 Å². The third-order valence-corrected chi connectivity index (χ3v) is 9.25. The molecule has 2 saturated carbocycles. The second-order valence-corrected chi connectivity index (χ2v) is 12.1. The van der Waals surface area contributed by atoms with Gasteiger partial charge in [0.05, 0.1) is 12.8 Å². The largest absolute Gasteiger partial charge is 0.492 e. The van der Waals surface area contributed by atoms with Crippen LogP contribution >= 0.6 is 0 Å². The summed E-state index contributed by atoms with van der Waals surface area (Å²) < 4.78 is 5.88. The van der Waals surface area contributed by atoms with E-state index in [4.69, 9.17) is 4.74 Å². The molecule has 0 aromatic carbocycles. The molecule has 0 aliphatic heterocycles. The summed E-state index contributed by atoms with van der Waals surface area (Å²) in [6.07, 6.45) is 31.6. The quantitative estimate of drug-likeness (QED) is 0.206. The average molecular weight is 484 g/mol. The third-order valence-electron chi connectivity index (χ3n) is 9.25. The van der Waals surface area contributed by atoms with E-state index >= 15 is 0 Å². The SMILES string of the molecule is CCCCCCCOc1ccc(CCC2CCC(CCC3CCC(CCCCC)CC3)CC2)nc1. The monoisotopic (exact) mass is 483 g/mol. The van der Waals surface area contributed by atoms with E-state index in [1.807, 2.05) is 6.20 Å². The number of nitrogens with zero attached hydrogens (tertiary/aromatic N) is 1. The molecule has 1 aromatic rings. The minimum atomic E-state index is 0.828. The van der Waals surface area contributed by atoms with Crippen LogP contribution in [0.3, 0.4) is 0 Å². The van der Waals surface area contributed by atoms with Crippen molar-refractivity contribution < 1.29 is 4.74 Å². The predicted molar refractivity (Wildman–Crippen MR) is 151 cm³/mol. The number of aromatic nitrogens is 1. The molecule has 0 N–H and O–H groups in total. The van der Waals surface area contributed by atoms with E-state index in [2.05, 4.69) is 31.0 Å². The van der Waals surface area contributed by atoms with Crippen molar-refractivity contribution in [3.8, 4) is 5.75 Å². The van der Waals surface area contributed by atoms with Crippen LogP contribution in [0.4, 0.5) is 0 Å². The zero-order valence-corrected chi connectivity index (χ0v) is 23.5. The first-order valence-corrected chi connectivity index (χ1v) is 15.8. The number of ether oxygens (including phenoxy) is 1. The van der Waals surface area contributed by atoms with Gasteiger partial charge in [-0.25, -0.2) is 0 Å². The number of hydrogen-bond donors (Lipinski definition) is 0. The molecular weight excluding hydrogens is 426 g/mol. The van der Waals surface area contributed by atoms with Gasteiger partial charge in [-0.3, -0.25) is 4.98 Å². The Balaban J connectivity index is 1.21. The Bertz CT molecular complexity index is 625. The molecule has 1 heterocycles. The van der Waals surface area contributed by atoms with Gasteiger partial charge in [0.2, 0.25) is 0 Å². The minimum Gasteiger partial charge on any atom is -0.492 e. The van der Waals surface area contributed by atoms with E-state index in [1.165, 1.54) is 128 Å². The van der Waals surface area contributed by atoms with Crippen LogP contribution in [0.2, 0.25) is 0 Å². The lowest BCUT2D eigenvalue weighted by molar-refractivity contribution is 0.208. The molecule has 2 nitrogen and oxygen atoms in total. The van der Waals surface area contributed by atoms with Crippen LogP contribution in [0.1, 0.15) is 148 Å². The van der Waals surface area contributed by atoms with Crippen LogP contribution in [-0.2, 0) is 6.42 Å². The van der Waals surface area contributed by atoms with Gasteiger partial charge in [0.15, 0.2) is 0 Å². The molecule has 2 aliphatic rings. The molecule has 0 atom stereocenters. The smallest absolute Gasteiger partial charge is 0.137 e. The lowest BCUT2D eigenvalue weighted by atomic mass is 9.74. The van der Waals surface area contributed by atoms with Crippen LogP contribution in [0.25, 0.3) is 0 Å². The fourth-order valence-electron chi connectivity index (χ4n) is 6.66. The topological polar surface area (TPSA) is 22.1 Å². The Morgan fingerprint density at radius 1 is 0.629 bits per heavy atom. The average Bonchev–Trinajstić information content (AvgIpc) is 2.90. The molecule has 200 valence electrons. The van der Waals surface area contributed by atoms with Crippen molar-refractivity contribution in [1.82, 2.24) is 4.98 Å². The van der Waals surface area contributed by atoms with E-state index in [0.717, 1.165) is 48.9 Å². The van der Waals surface area contributed by atoms with Gasteiger partial charge in [-0.2, -0.15) is 0 Å². The van der Waals surface area contributed by atoms with E-state index in [-0.39, 0.29) is 0 Å². The normalized spacial score (nSPS) is 25.0. The summed E-state index contributed by atoms with van der Waals surface area (Å²) in [5, 5.41) is 0. The molecule has 0 radical (unpaired) electrons. The summed E-state index contributed by atoms with van der Waals surface area (Å²) in [6.45, 7) is 5.41. The van der Waals surface area contributed by atoms with Gasteiger partial charge in [-0.05, 0) is 55.1 Å². The number of hydrogen-bond acceptors (Lipinski definition) is 2. The van der Waals surface area contributed by atoms with Crippen molar-refractivity contribution in [2.75, 3.05) is 6.61 Å². The van der Waals surface area contributed by atoms with Gasteiger partial charge in [0.1, 0.15) is 5.75 Å². The minimum absolute atomic E-state index is 0.828. The summed E-state index contributed by atoms with van der Waals surface area (Å²) in [5.74, 6) is 4.99. The number of rotatable bonds is 17. The third kappa shape index (κ3) is 11.7. The highest BCUT2D eigenvalue weighted by atomic mass is 16.5. The highest BCUT2D eigenvalue weighted by Crippen LogP contribution is 2.38. The maximum absolute atomic E-state index is 5.88. The van der Waals surface area contributed by atoms with E-state index < -0.39 is 0 Å². The van der Waals surface area contributed by atoms with Gasteiger partial charge in [-0.15, -0.1) is 0 Å². The molecule has 0 unspecified atom stereocenters. The fourth-order valence-corrected chi connectivity index (χ4v) is 6.66. The summed E-state index contributed by atoms with van der Waals surface area (Å²) in [7, 11) is 0. The molecule has 0 bridgehead atoms. The lowest BCUT2D eigenvalue weighted by Gasteiger charge is -2.32. The van der Waals surface area contributed by atoms with Gasteiger partial charge < -0.3 is 4.74 Å². The highest BCUT2D eigenvalue weighted by molar-refractivity contribution is 5.19. The van der Waals surface area contributed by atoms with Gasteiger partial charge in [0.25, 0.3) is 0 Å². The predicted octanol–water partition coefficient (Wildman–Crippen LogP) is 10.3. The van der Waals surface area contributed by atoms with Crippen molar-refractivity contribution in [1.29, 1.82) is 0 Å². The Kier molecular flexibility index (Phi) is 14.2. The van der Waals surface area contributed by atoms with Crippen molar-refractivity contribution in [2.45, 2.75) is 149 Å². The van der Waals surface area contributed by atoms with Crippen LogP contribution < -0.4 is 4.74 Å². The molecular formula is C33H57NO. The van der Waals surface area contributed by atoms with Crippen molar-refractivity contribution >= 4 is 0 Å². The van der Waals surface area contributed by atoms with Gasteiger partial charge >= 0.3 is 0 Å². The Labute approximate surface area is 218 Å². The Hall–Kier alpha value is -1.05. The second kappa shape index (κ2) is 17.4. The first-order chi connectivity index (χ1) is 17.3. The van der Waals surface area contributed by atoms with Crippen LogP contribution in [0.15, 0.2) is 18.3 Å². The Morgan fingerprint density at radius 2 is 1.17 bits per heavy atom. The molecule has 0 spiro atoms. The first-order valence-electron chi connectivity index (χ1n) is 15.8. The standard InChI is InChI=1S/C33H57NO/c1-3-5-7-8-10-26-35-33-25-24-32(34-27-33)23-22-31-20-18-30(19-21-31)17-16-29-14-12-28(13-15-29)11-9-6-4-2/h24-25,27-31H,3-23,26H2,1-2H3. The zero-order chi connectivity index (χ0) is 24.6. The van der Waals surface area contributed by atoms with Crippen molar-refractivity contribution in [2.24, 2.45) is 23.7 Å². The molecule has 0 saturated heterocycles. The summed E-state index contributed by atoms with van der Waals surface area (Å²) in [4.78, 5) is 4.69. The highest BCUT2D eigenvalue weighted by Gasteiger charge is 2.24. The van der Waals surface area contributed by atoms with Crippen molar-refractivity contribution in [3.63, 3.8) is 0 Å². The summed E-state index contributed by atoms with van der Waals surface area (Å²) in [5.41, 5.74) is 1.24. The number of unbranched alkanes of at least 4 members (excludes halogenated alkanes) is 6.